The number of nitrogens with zero attached hydrogens (tertiary/aromatic N) is 2. The van der Waals surface area contributed by atoms with Crippen molar-refractivity contribution < 1.29 is 28.7 Å². The van der Waals surface area contributed by atoms with Crippen molar-refractivity contribution in [1.29, 1.82) is 0 Å². The molecule has 0 fully saturated rings. The molecule has 0 aliphatic rings. The molecule has 0 aliphatic carbocycles. The number of methoxy groups -OCH3 is 1. The van der Waals surface area contributed by atoms with E-state index >= 15 is 0 Å². The molecule has 0 saturated carbocycles. The number of carbonyl (C=O) groups excluding carboxylic acids is 2. The number of non-ortho nitro benzene ring substituents is 1. The second-order valence-corrected chi connectivity index (χ2v) is 8.53. The fourth-order valence-electron chi connectivity index (χ4n) is 2.67. The number of hydrogen-bond donors (Lipinski definition) is 1. The quantitative estimate of drug-likeness (QED) is 0.121. The van der Waals surface area contributed by atoms with Gasteiger partial charge in [0.15, 0.2) is 18.1 Å². The number of amides is 1. The molecule has 3 aromatic rings. The second-order valence-electron chi connectivity index (χ2n) is 6.76. The van der Waals surface area contributed by atoms with Crippen LogP contribution in [0.1, 0.15) is 15.9 Å². The highest BCUT2D eigenvalue weighted by Crippen LogP contribution is 2.30. The topological polar surface area (TPSA) is 129 Å². The Morgan fingerprint density at radius 3 is 2.40 bits per heavy atom. The molecule has 0 radical (unpaired) electrons. The lowest BCUT2D eigenvalue weighted by Crippen LogP contribution is -2.24. The average molecular weight is 607 g/mol. The number of nitro groups is 1. The van der Waals surface area contributed by atoms with E-state index in [1.165, 1.54) is 37.6 Å². The van der Waals surface area contributed by atoms with E-state index in [2.05, 4.69) is 42.4 Å². The lowest BCUT2D eigenvalue weighted by Gasteiger charge is -2.10. The van der Waals surface area contributed by atoms with Crippen molar-refractivity contribution in [2.24, 2.45) is 5.10 Å². The number of nitro benzene ring substituents is 1. The molecule has 1 N–H and O–H groups in total. The zero-order chi connectivity index (χ0) is 25.4. The van der Waals surface area contributed by atoms with Crippen LogP contribution in [-0.4, -0.2) is 36.7 Å². The average Bonchev–Trinajstić information content (AvgIpc) is 2.84. The lowest BCUT2D eigenvalue weighted by atomic mass is 10.2. The normalized spacial score (nSPS) is 10.6. The second kappa shape index (κ2) is 12.1. The van der Waals surface area contributed by atoms with Crippen LogP contribution in [0.15, 0.2) is 74.7 Å². The van der Waals surface area contributed by atoms with Crippen molar-refractivity contribution in [3.8, 4) is 17.2 Å². The number of nitrogens with one attached hydrogen (secondary N) is 1. The summed E-state index contributed by atoms with van der Waals surface area (Å²) in [7, 11) is 1.50. The predicted molar refractivity (Wildman–Crippen MR) is 134 cm³/mol. The van der Waals surface area contributed by atoms with Gasteiger partial charge < -0.3 is 14.2 Å². The molecule has 0 bridgehead atoms. The molecule has 0 aromatic heterocycles. The van der Waals surface area contributed by atoms with Gasteiger partial charge in [-0.1, -0.05) is 15.9 Å². The van der Waals surface area contributed by atoms with E-state index in [0.717, 1.165) is 4.47 Å². The van der Waals surface area contributed by atoms with Crippen LogP contribution in [0.25, 0.3) is 0 Å². The molecule has 10 nitrogen and oxygen atoms in total. The molecule has 0 aliphatic heterocycles. The zero-order valence-electron chi connectivity index (χ0n) is 18.1. The number of hydrogen-bond acceptors (Lipinski definition) is 8. The van der Waals surface area contributed by atoms with Crippen LogP contribution in [0.2, 0.25) is 0 Å². The number of hydrazone groups is 1. The Kier molecular flexibility index (Phi) is 8.92. The smallest absolute Gasteiger partial charge is 0.343 e. The van der Waals surface area contributed by atoms with E-state index in [9.17, 15) is 19.7 Å². The number of halogens is 2. The summed E-state index contributed by atoms with van der Waals surface area (Å²) in [5.41, 5.74) is 3.01. The highest BCUT2D eigenvalue weighted by molar-refractivity contribution is 9.10. The summed E-state index contributed by atoms with van der Waals surface area (Å²) in [6.45, 7) is -0.267. The van der Waals surface area contributed by atoms with Crippen LogP contribution in [0.4, 0.5) is 5.69 Å². The van der Waals surface area contributed by atoms with E-state index in [1.54, 1.807) is 36.4 Å². The minimum atomic E-state index is -0.670. The maximum Gasteiger partial charge on any atom is 0.343 e. The van der Waals surface area contributed by atoms with Crippen molar-refractivity contribution in [1.82, 2.24) is 5.43 Å². The van der Waals surface area contributed by atoms with E-state index in [0.29, 0.717) is 21.5 Å². The standard InChI is InChI=1S/C23H17Br2N3O7/c1-33-21-11-16(24)5-9-20(21)34-13-22(29)27-26-12-14-2-8-19(18(25)10-14)35-23(30)15-3-6-17(7-4-15)28(31)32/h2-12H,13H2,1H3,(H,27,29)/b26-12-. The van der Waals surface area contributed by atoms with Crippen LogP contribution in [0.5, 0.6) is 17.2 Å². The van der Waals surface area contributed by atoms with E-state index in [4.69, 9.17) is 14.2 Å². The number of ether oxygens (including phenoxy) is 3. The Balaban J connectivity index is 1.53. The summed E-state index contributed by atoms with van der Waals surface area (Å²) < 4.78 is 17.3. The molecule has 35 heavy (non-hydrogen) atoms. The van der Waals surface area contributed by atoms with Gasteiger partial charge in [0.1, 0.15) is 5.75 Å². The fourth-order valence-corrected chi connectivity index (χ4v) is 3.49. The Morgan fingerprint density at radius 1 is 1.03 bits per heavy atom. The maximum absolute atomic E-state index is 12.3. The van der Waals surface area contributed by atoms with Crippen LogP contribution >= 0.6 is 31.9 Å². The number of benzene rings is 3. The van der Waals surface area contributed by atoms with Crippen LogP contribution < -0.4 is 19.6 Å². The Bertz CT molecular complexity index is 1280. The van der Waals surface area contributed by atoms with Crippen LogP contribution in [0, 0.1) is 10.1 Å². The minimum absolute atomic E-state index is 0.127. The summed E-state index contributed by atoms with van der Waals surface area (Å²) >= 11 is 6.65. The number of rotatable bonds is 9. The monoisotopic (exact) mass is 605 g/mol. The Hall–Kier alpha value is -3.77. The number of esters is 1. The van der Waals surface area contributed by atoms with Gasteiger partial charge in [0.05, 0.1) is 28.3 Å². The highest BCUT2D eigenvalue weighted by atomic mass is 79.9. The highest BCUT2D eigenvalue weighted by Gasteiger charge is 2.13. The molecule has 0 unspecified atom stereocenters. The van der Waals surface area contributed by atoms with Crippen LogP contribution in [-0.2, 0) is 4.79 Å². The van der Waals surface area contributed by atoms with Gasteiger partial charge in [-0.05, 0) is 70.0 Å². The van der Waals surface area contributed by atoms with Crippen molar-refractivity contribution in [3.05, 3.63) is 90.9 Å². The predicted octanol–water partition coefficient (Wildman–Crippen LogP) is 4.88. The summed E-state index contributed by atoms with van der Waals surface area (Å²) in [4.78, 5) is 34.5. The van der Waals surface area contributed by atoms with Gasteiger partial charge in [-0.15, -0.1) is 0 Å². The first-order valence-corrected chi connectivity index (χ1v) is 11.4. The minimum Gasteiger partial charge on any atom is -0.493 e. The number of carbonyl (C=O) groups is 2. The van der Waals surface area contributed by atoms with Crippen molar-refractivity contribution >= 4 is 55.6 Å². The lowest BCUT2D eigenvalue weighted by molar-refractivity contribution is -0.384. The fraction of sp³-hybridized carbons (Fsp3) is 0.0870. The molecule has 3 aromatic carbocycles. The summed E-state index contributed by atoms with van der Waals surface area (Å²) in [6.07, 6.45) is 1.41. The largest absolute Gasteiger partial charge is 0.493 e. The molecule has 0 spiro atoms. The molecule has 3 rings (SSSR count). The van der Waals surface area contributed by atoms with Gasteiger partial charge in [-0.2, -0.15) is 5.10 Å². The molecule has 0 saturated heterocycles. The third-order valence-electron chi connectivity index (χ3n) is 4.36. The molecule has 180 valence electrons. The van der Waals surface area contributed by atoms with Gasteiger partial charge in [0.2, 0.25) is 0 Å². The molecule has 0 atom stereocenters. The first-order valence-electron chi connectivity index (χ1n) is 9.81. The molecule has 1 amide bonds. The third-order valence-corrected chi connectivity index (χ3v) is 5.47. The Morgan fingerprint density at radius 2 is 1.74 bits per heavy atom. The third kappa shape index (κ3) is 7.36. The van der Waals surface area contributed by atoms with Gasteiger partial charge >= 0.3 is 5.97 Å². The van der Waals surface area contributed by atoms with E-state index < -0.39 is 16.8 Å². The first kappa shape index (κ1) is 25.8. The first-order chi connectivity index (χ1) is 16.8. The summed E-state index contributed by atoms with van der Waals surface area (Å²) in [6, 6.07) is 15.0. The van der Waals surface area contributed by atoms with Gasteiger partial charge in [0.25, 0.3) is 11.6 Å². The molecule has 0 heterocycles. The van der Waals surface area contributed by atoms with E-state index in [1.807, 2.05) is 0 Å². The van der Waals surface area contributed by atoms with Gasteiger partial charge in [-0.25, -0.2) is 10.2 Å². The zero-order valence-corrected chi connectivity index (χ0v) is 21.2. The SMILES string of the molecule is COc1cc(Br)ccc1OCC(=O)N/N=C\c1ccc(OC(=O)c2ccc([N+](=O)[O-])cc2)c(Br)c1. The molecule has 12 heteroatoms. The van der Waals surface area contributed by atoms with Crippen LogP contribution in [0.3, 0.4) is 0 Å². The van der Waals surface area contributed by atoms with E-state index in [-0.39, 0.29) is 23.6 Å². The Labute approximate surface area is 216 Å². The van der Waals surface area contributed by atoms with Crippen molar-refractivity contribution in [2.75, 3.05) is 13.7 Å². The molecular formula is C23H17Br2N3O7. The molecular weight excluding hydrogens is 590 g/mol. The van der Waals surface area contributed by atoms with Crippen molar-refractivity contribution in [3.63, 3.8) is 0 Å². The summed E-state index contributed by atoms with van der Waals surface area (Å²) in [5.74, 6) is -0.00508. The van der Waals surface area contributed by atoms with Crippen molar-refractivity contribution in [2.45, 2.75) is 0 Å². The maximum atomic E-state index is 12.3. The van der Waals surface area contributed by atoms with Gasteiger partial charge in [0, 0.05) is 16.6 Å². The van der Waals surface area contributed by atoms with Gasteiger partial charge in [-0.3, -0.25) is 14.9 Å². The summed E-state index contributed by atoms with van der Waals surface area (Å²) in [5, 5.41) is 14.6.